The minimum atomic E-state index is -1.64. The number of oxime groups is 1. The third-order valence-electron chi connectivity index (χ3n) is 5.32. The second kappa shape index (κ2) is 9.41. The number of amides is 2. The van der Waals surface area contributed by atoms with Crippen molar-refractivity contribution in [3.63, 3.8) is 0 Å². The summed E-state index contributed by atoms with van der Waals surface area (Å²) in [6.45, 7) is 4.09. The lowest BCUT2D eigenvalue weighted by Gasteiger charge is -2.20. The molecule has 9 heteroatoms. The number of benzene rings is 1. The van der Waals surface area contributed by atoms with Crippen molar-refractivity contribution >= 4 is 24.6 Å². The molecule has 156 valence electrons. The van der Waals surface area contributed by atoms with Crippen molar-refractivity contribution in [1.82, 2.24) is 10.6 Å². The van der Waals surface area contributed by atoms with E-state index in [1.807, 2.05) is 26.0 Å². The Labute approximate surface area is 170 Å². The Balaban J connectivity index is 1.43. The number of nitrogens with zero attached hydrogens (tertiary/aromatic N) is 1. The molecule has 0 spiro atoms. The normalized spacial score (nSPS) is 19.3. The maximum atomic E-state index is 12.5. The van der Waals surface area contributed by atoms with Crippen LogP contribution < -0.4 is 10.6 Å². The summed E-state index contributed by atoms with van der Waals surface area (Å²) in [6.07, 6.45) is 1.33. The second-order valence-electron chi connectivity index (χ2n) is 8.21. The molecule has 1 unspecified atom stereocenters. The predicted octanol–water partition coefficient (Wildman–Crippen LogP) is 0.205. The monoisotopic (exact) mass is 401 g/mol. The molecule has 0 saturated heterocycles. The molecule has 0 radical (unpaired) electrons. The first kappa shape index (κ1) is 21.3. The zero-order valence-electron chi connectivity index (χ0n) is 16.8. The third-order valence-corrected chi connectivity index (χ3v) is 5.32. The fourth-order valence-electron chi connectivity index (χ4n) is 3.79. The highest BCUT2D eigenvalue weighted by atomic mass is 16.6. The van der Waals surface area contributed by atoms with Crippen molar-refractivity contribution in [2.24, 2.45) is 17.0 Å². The van der Waals surface area contributed by atoms with Crippen LogP contribution >= 0.6 is 0 Å². The van der Waals surface area contributed by atoms with Gasteiger partial charge in [0.05, 0.1) is 18.2 Å². The van der Waals surface area contributed by atoms with E-state index in [9.17, 15) is 19.6 Å². The fourth-order valence-corrected chi connectivity index (χ4v) is 3.79. The average molecular weight is 401 g/mol. The van der Waals surface area contributed by atoms with Crippen LogP contribution in [0.3, 0.4) is 0 Å². The maximum Gasteiger partial charge on any atom is 0.475 e. The van der Waals surface area contributed by atoms with E-state index in [0.717, 1.165) is 12.8 Å². The zero-order valence-corrected chi connectivity index (χ0v) is 16.8. The zero-order chi connectivity index (χ0) is 21.0. The summed E-state index contributed by atoms with van der Waals surface area (Å²) in [5.41, 5.74) is 3.01. The Morgan fingerprint density at radius 3 is 2.41 bits per heavy atom. The fraction of sp³-hybridized carbons (Fsp3) is 0.550. The molecule has 2 atom stereocenters. The molecule has 1 aliphatic carbocycles. The summed E-state index contributed by atoms with van der Waals surface area (Å²) >= 11 is 0. The van der Waals surface area contributed by atoms with Gasteiger partial charge in [0.2, 0.25) is 12.0 Å². The molecule has 0 fully saturated rings. The molecule has 4 N–H and O–H groups in total. The van der Waals surface area contributed by atoms with Gasteiger partial charge in [0, 0.05) is 12.3 Å². The molecular formula is C20H28BN3O5. The first-order valence-electron chi connectivity index (χ1n) is 10.1. The Morgan fingerprint density at radius 1 is 1.17 bits per heavy atom. The third kappa shape index (κ3) is 5.58. The molecule has 1 aromatic rings. The summed E-state index contributed by atoms with van der Waals surface area (Å²) < 4.78 is 0. The predicted molar refractivity (Wildman–Crippen MR) is 109 cm³/mol. The van der Waals surface area contributed by atoms with Crippen LogP contribution in [-0.4, -0.2) is 53.3 Å². The highest BCUT2D eigenvalue weighted by Crippen LogP contribution is 2.26. The van der Waals surface area contributed by atoms with Crippen LogP contribution in [0.2, 0.25) is 0 Å². The number of hydrogen-bond acceptors (Lipinski definition) is 6. The van der Waals surface area contributed by atoms with Crippen LogP contribution in [0.15, 0.2) is 29.4 Å². The summed E-state index contributed by atoms with van der Waals surface area (Å²) in [5, 5.41) is 28.3. The van der Waals surface area contributed by atoms with Gasteiger partial charge in [-0.05, 0) is 36.3 Å². The van der Waals surface area contributed by atoms with Crippen molar-refractivity contribution in [2.75, 3.05) is 6.54 Å². The van der Waals surface area contributed by atoms with E-state index < -0.39 is 25.1 Å². The molecule has 29 heavy (non-hydrogen) atoms. The van der Waals surface area contributed by atoms with Gasteiger partial charge in [-0.1, -0.05) is 43.3 Å². The van der Waals surface area contributed by atoms with Gasteiger partial charge in [0.15, 0.2) is 0 Å². The van der Waals surface area contributed by atoms with E-state index in [-0.39, 0.29) is 30.7 Å². The molecule has 1 aromatic carbocycles. The molecule has 3 rings (SSSR count). The van der Waals surface area contributed by atoms with Crippen molar-refractivity contribution in [2.45, 2.75) is 51.6 Å². The Kier molecular flexibility index (Phi) is 6.92. The molecule has 8 nitrogen and oxygen atoms in total. The maximum absolute atomic E-state index is 12.5. The summed E-state index contributed by atoms with van der Waals surface area (Å²) in [5.74, 6) is -1.14. The lowest BCUT2D eigenvalue weighted by Crippen LogP contribution is -2.50. The van der Waals surface area contributed by atoms with Gasteiger partial charge in [-0.2, -0.15) is 0 Å². The van der Waals surface area contributed by atoms with Gasteiger partial charge in [-0.25, -0.2) is 0 Å². The standard InChI is InChI=1S/C20H28BN3O5/c1-12(2)7-18(21(27)28)23-20(26)17-10-16(24-29-17)11-22-19(25)15-8-13-5-3-4-6-14(13)9-15/h3-6,12,15,17-18,27-28H,7-11H2,1-2H3,(H,22,25)(H,23,26)/t17?,18-/m0/s1. The lowest BCUT2D eigenvalue weighted by atomic mass is 9.75. The number of nitrogens with one attached hydrogen (secondary N) is 2. The molecule has 1 aliphatic heterocycles. The van der Waals surface area contributed by atoms with E-state index in [0.29, 0.717) is 12.1 Å². The van der Waals surface area contributed by atoms with E-state index in [1.54, 1.807) is 0 Å². The van der Waals surface area contributed by atoms with Crippen molar-refractivity contribution < 1.29 is 24.5 Å². The number of rotatable bonds is 8. The van der Waals surface area contributed by atoms with Crippen LogP contribution in [0.4, 0.5) is 0 Å². The molecular weight excluding hydrogens is 373 g/mol. The van der Waals surface area contributed by atoms with Gasteiger partial charge in [0.1, 0.15) is 0 Å². The summed E-state index contributed by atoms with van der Waals surface area (Å²) in [4.78, 5) is 30.0. The molecule has 0 aromatic heterocycles. The molecule has 1 heterocycles. The topological polar surface area (TPSA) is 120 Å². The number of carbonyl (C=O) groups is 2. The molecule has 2 amide bonds. The summed E-state index contributed by atoms with van der Waals surface area (Å²) in [6, 6.07) is 8.07. The second-order valence-corrected chi connectivity index (χ2v) is 8.21. The van der Waals surface area contributed by atoms with Gasteiger partial charge >= 0.3 is 7.12 Å². The minimum absolute atomic E-state index is 0.0304. The smallest absolute Gasteiger partial charge is 0.426 e. The quantitative estimate of drug-likeness (QED) is 0.464. The number of fused-ring (bicyclic) bond motifs is 1. The minimum Gasteiger partial charge on any atom is -0.426 e. The first-order valence-corrected chi connectivity index (χ1v) is 10.1. The van der Waals surface area contributed by atoms with Crippen LogP contribution in [-0.2, 0) is 27.3 Å². The molecule has 0 saturated carbocycles. The lowest BCUT2D eigenvalue weighted by molar-refractivity contribution is -0.131. The average Bonchev–Trinajstić information content (AvgIpc) is 3.32. The van der Waals surface area contributed by atoms with E-state index in [2.05, 4.69) is 27.9 Å². The van der Waals surface area contributed by atoms with Gasteiger partial charge in [-0.3, -0.25) is 9.59 Å². The SMILES string of the molecule is CC(C)C[C@H](NC(=O)C1CC(CNC(=O)C2Cc3ccccc3C2)=NO1)B(O)O. The number of carbonyl (C=O) groups excluding carboxylic acids is 2. The molecule has 0 bridgehead atoms. The number of hydrogen-bond donors (Lipinski definition) is 4. The Hall–Kier alpha value is -2.39. The largest absolute Gasteiger partial charge is 0.475 e. The van der Waals surface area contributed by atoms with Crippen molar-refractivity contribution in [1.29, 1.82) is 0 Å². The summed E-state index contributed by atoms with van der Waals surface area (Å²) in [7, 11) is -1.64. The Bertz CT molecular complexity index is 758. The highest BCUT2D eigenvalue weighted by Gasteiger charge is 2.34. The van der Waals surface area contributed by atoms with Gasteiger partial charge < -0.3 is 25.5 Å². The van der Waals surface area contributed by atoms with Crippen LogP contribution in [0.5, 0.6) is 0 Å². The Morgan fingerprint density at radius 2 is 1.83 bits per heavy atom. The van der Waals surface area contributed by atoms with Crippen LogP contribution in [0.25, 0.3) is 0 Å². The first-order chi connectivity index (χ1) is 13.8. The van der Waals surface area contributed by atoms with E-state index >= 15 is 0 Å². The van der Waals surface area contributed by atoms with Crippen molar-refractivity contribution in [3.8, 4) is 0 Å². The van der Waals surface area contributed by atoms with Crippen LogP contribution in [0.1, 0.15) is 37.8 Å². The van der Waals surface area contributed by atoms with E-state index in [1.165, 1.54) is 11.1 Å². The van der Waals surface area contributed by atoms with Crippen molar-refractivity contribution in [3.05, 3.63) is 35.4 Å². The van der Waals surface area contributed by atoms with Gasteiger partial charge in [-0.15, -0.1) is 0 Å². The van der Waals surface area contributed by atoms with Crippen LogP contribution in [0, 0.1) is 11.8 Å². The highest BCUT2D eigenvalue weighted by molar-refractivity contribution is 6.43. The molecule has 2 aliphatic rings. The van der Waals surface area contributed by atoms with Gasteiger partial charge in [0.25, 0.3) is 5.91 Å². The van der Waals surface area contributed by atoms with E-state index in [4.69, 9.17) is 4.84 Å².